The van der Waals surface area contributed by atoms with E-state index in [1.807, 2.05) is 31.3 Å². The molecule has 1 aliphatic heterocycles. The van der Waals surface area contributed by atoms with Crippen LogP contribution < -0.4 is 20.4 Å². The van der Waals surface area contributed by atoms with Crippen LogP contribution >= 0.6 is 0 Å². The first-order valence-corrected chi connectivity index (χ1v) is 9.91. The Balaban J connectivity index is 1.60. The zero-order chi connectivity index (χ0) is 22.4. The number of ether oxygens (including phenoxy) is 1. The summed E-state index contributed by atoms with van der Waals surface area (Å²) < 4.78 is 45.1. The minimum Gasteiger partial charge on any atom is -0.487 e. The monoisotopic (exact) mass is 430 g/mol. The first kappa shape index (κ1) is 21.0. The molecule has 31 heavy (non-hydrogen) atoms. The standard InChI is InChI=1S/C23H22F3N3O2/c1-13-9-17-14(12-27-13)5-4-6-18(17)28-21(30)29-19-11-22(2,3)31-20-10-15(23(24,25)26)7-8-16(19)20/h4-10,12,19H,11H2,1-3H3,(H2,28,29,30)/p+1/t19-/m1/s1. The highest BCUT2D eigenvalue weighted by molar-refractivity contribution is 6.01. The largest absolute Gasteiger partial charge is 0.487 e. The average Bonchev–Trinajstić information content (AvgIpc) is 2.66. The molecule has 2 heterocycles. The number of anilines is 1. The first-order valence-electron chi connectivity index (χ1n) is 9.91. The van der Waals surface area contributed by atoms with Gasteiger partial charge in [-0.3, -0.25) is 0 Å². The van der Waals surface area contributed by atoms with Crippen molar-refractivity contribution in [2.45, 2.75) is 45.0 Å². The van der Waals surface area contributed by atoms with Crippen LogP contribution in [0.3, 0.4) is 0 Å². The molecule has 0 saturated carbocycles. The number of hydrogen-bond donors (Lipinski definition) is 2. The van der Waals surface area contributed by atoms with E-state index in [-0.39, 0.29) is 5.75 Å². The van der Waals surface area contributed by atoms with Crippen LogP contribution in [0.5, 0.6) is 5.75 Å². The van der Waals surface area contributed by atoms with Gasteiger partial charge >= 0.3 is 12.2 Å². The third-order valence-electron chi connectivity index (χ3n) is 5.31. The summed E-state index contributed by atoms with van der Waals surface area (Å²) in [6.45, 7) is 5.49. The number of alkyl halides is 3. The number of amides is 2. The predicted octanol–water partition coefficient (Wildman–Crippen LogP) is 5.41. The summed E-state index contributed by atoms with van der Waals surface area (Å²) in [6.07, 6.45) is -2.18. The van der Waals surface area contributed by atoms with Crippen molar-refractivity contribution in [3.05, 3.63) is 65.5 Å². The van der Waals surface area contributed by atoms with Crippen molar-refractivity contribution in [3.63, 3.8) is 0 Å². The molecular formula is C23H23F3N3O2+. The van der Waals surface area contributed by atoms with Gasteiger partial charge in [-0.1, -0.05) is 12.1 Å². The molecule has 0 aliphatic carbocycles. The number of nitrogens with one attached hydrogen (secondary N) is 3. The fourth-order valence-corrected chi connectivity index (χ4v) is 3.90. The smallest absolute Gasteiger partial charge is 0.416 e. The Kier molecular flexibility index (Phi) is 5.03. The van der Waals surface area contributed by atoms with Crippen molar-refractivity contribution in [1.82, 2.24) is 5.32 Å². The van der Waals surface area contributed by atoms with E-state index in [0.29, 0.717) is 17.7 Å². The average molecular weight is 430 g/mol. The Morgan fingerprint density at radius 1 is 1.19 bits per heavy atom. The molecule has 3 aromatic rings. The van der Waals surface area contributed by atoms with E-state index in [9.17, 15) is 18.0 Å². The van der Waals surface area contributed by atoms with Crippen LogP contribution in [0, 0.1) is 6.92 Å². The van der Waals surface area contributed by atoms with Crippen molar-refractivity contribution in [2.24, 2.45) is 0 Å². The second-order valence-electron chi connectivity index (χ2n) is 8.39. The van der Waals surface area contributed by atoms with Crippen molar-refractivity contribution in [2.75, 3.05) is 5.32 Å². The number of rotatable bonds is 2. The second kappa shape index (κ2) is 7.44. The van der Waals surface area contributed by atoms with E-state index >= 15 is 0 Å². The molecule has 0 fully saturated rings. The molecule has 162 valence electrons. The molecule has 8 heteroatoms. The van der Waals surface area contributed by atoms with Crippen molar-refractivity contribution in [3.8, 4) is 5.75 Å². The van der Waals surface area contributed by atoms with Gasteiger partial charge in [-0.25, -0.2) is 9.78 Å². The molecule has 2 amide bonds. The third-order valence-corrected chi connectivity index (χ3v) is 5.31. The van der Waals surface area contributed by atoms with Gasteiger partial charge in [0.05, 0.1) is 17.3 Å². The van der Waals surface area contributed by atoms with Gasteiger partial charge in [-0.2, -0.15) is 13.2 Å². The lowest BCUT2D eigenvalue weighted by Gasteiger charge is -2.38. The van der Waals surface area contributed by atoms with Gasteiger partial charge in [0.15, 0.2) is 11.9 Å². The summed E-state index contributed by atoms with van der Waals surface area (Å²) in [5, 5.41) is 7.60. The van der Waals surface area contributed by atoms with Crippen LogP contribution in [-0.2, 0) is 6.18 Å². The van der Waals surface area contributed by atoms with E-state index in [1.54, 1.807) is 19.9 Å². The molecule has 5 nitrogen and oxygen atoms in total. The lowest BCUT2D eigenvalue weighted by molar-refractivity contribution is -0.385. The minimum atomic E-state index is -4.47. The molecule has 1 aromatic heterocycles. The van der Waals surface area contributed by atoms with E-state index in [0.717, 1.165) is 28.6 Å². The Bertz CT molecular complexity index is 1160. The minimum absolute atomic E-state index is 0.132. The molecule has 1 atom stereocenters. The van der Waals surface area contributed by atoms with Gasteiger partial charge in [0.25, 0.3) is 0 Å². The number of hydrogen-bond acceptors (Lipinski definition) is 2. The summed E-state index contributed by atoms with van der Waals surface area (Å²) >= 11 is 0. The van der Waals surface area contributed by atoms with Gasteiger partial charge in [0.2, 0.25) is 0 Å². The number of pyridine rings is 1. The number of H-pyrrole nitrogens is 1. The Hall–Kier alpha value is -3.29. The highest BCUT2D eigenvalue weighted by Crippen LogP contribution is 2.42. The maximum absolute atomic E-state index is 13.1. The molecule has 1 aliphatic rings. The molecule has 4 rings (SSSR count). The van der Waals surface area contributed by atoms with Gasteiger partial charge in [0.1, 0.15) is 11.4 Å². The lowest BCUT2D eigenvalue weighted by Crippen LogP contribution is -2.42. The highest BCUT2D eigenvalue weighted by Gasteiger charge is 2.37. The zero-order valence-corrected chi connectivity index (χ0v) is 17.4. The van der Waals surface area contributed by atoms with Gasteiger partial charge in [-0.15, -0.1) is 0 Å². The van der Waals surface area contributed by atoms with Gasteiger partial charge in [-0.05, 0) is 38.1 Å². The number of aromatic nitrogens is 1. The third kappa shape index (κ3) is 4.42. The van der Waals surface area contributed by atoms with Gasteiger partial charge in [0, 0.05) is 35.7 Å². The molecule has 0 bridgehead atoms. The van der Waals surface area contributed by atoms with Crippen molar-refractivity contribution >= 4 is 22.5 Å². The molecule has 3 N–H and O–H groups in total. The normalized spacial score (nSPS) is 17.5. The maximum atomic E-state index is 13.1. The van der Waals surface area contributed by atoms with Crippen molar-refractivity contribution in [1.29, 1.82) is 0 Å². The number of halogens is 3. The number of carbonyl (C=O) groups excluding carboxylic acids is 1. The van der Waals surface area contributed by atoms with Crippen LogP contribution in [0.15, 0.2) is 48.7 Å². The van der Waals surface area contributed by atoms with Gasteiger partial charge < -0.3 is 15.4 Å². The number of urea groups is 1. The molecule has 0 spiro atoms. The summed E-state index contributed by atoms with van der Waals surface area (Å²) in [5.41, 5.74) is 0.594. The number of fused-ring (bicyclic) bond motifs is 2. The van der Waals surface area contributed by atoms with Crippen LogP contribution in [0.2, 0.25) is 0 Å². The number of aromatic amines is 1. The maximum Gasteiger partial charge on any atom is 0.416 e. The summed E-state index contributed by atoms with van der Waals surface area (Å²) in [5.74, 6) is 0.132. The molecular weight excluding hydrogens is 407 g/mol. The predicted molar refractivity (Wildman–Crippen MR) is 111 cm³/mol. The van der Waals surface area contributed by atoms with Crippen LogP contribution in [-0.4, -0.2) is 11.6 Å². The topological polar surface area (TPSA) is 64.5 Å². The van der Waals surface area contributed by atoms with E-state index in [2.05, 4.69) is 15.6 Å². The Morgan fingerprint density at radius 2 is 1.97 bits per heavy atom. The quantitative estimate of drug-likeness (QED) is 0.571. The number of benzene rings is 2. The van der Waals surface area contributed by atoms with Crippen LogP contribution in [0.25, 0.3) is 10.8 Å². The van der Waals surface area contributed by atoms with E-state index in [1.165, 1.54) is 6.07 Å². The highest BCUT2D eigenvalue weighted by atomic mass is 19.4. The Morgan fingerprint density at radius 3 is 2.71 bits per heavy atom. The first-order chi connectivity index (χ1) is 14.5. The Labute approximate surface area is 177 Å². The van der Waals surface area contributed by atoms with E-state index < -0.39 is 29.4 Å². The molecule has 0 unspecified atom stereocenters. The summed E-state index contributed by atoms with van der Waals surface area (Å²) in [4.78, 5) is 15.9. The molecule has 0 saturated heterocycles. The fraction of sp³-hybridized carbons (Fsp3) is 0.304. The van der Waals surface area contributed by atoms with E-state index in [4.69, 9.17) is 4.74 Å². The zero-order valence-electron chi connectivity index (χ0n) is 17.4. The fourth-order valence-electron chi connectivity index (χ4n) is 3.90. The lowest BCUT2D eigenvalue weighted by atomic mass is 9.89. The SMILES string of the molecule is Cc1cc2c(NC(=O)N[C@@H]3CC(C)(C)Oc4cc(C(F)(F)F)ccc43)cccc2c[nH+]1. The van der Waals surface area contributed by atoms with Crippen molar-refractivity contribution < 1.29 is 27.7 Å². The van der Waals surface area contributed by atoms with Crippen LogP contribution in [0.1, 0.15) is 43.1 Å². The molecule has 0 radical (unpaired) electrons. The number of aryl methyl sites for hydroxylation is 1. The molecule has 2 aromatic carbocycles. The summed E-state index contributed by atoms with van der Waals surface area (Å²) in [7, 11) is 0. The second-order valence-corrected chi connectivity index (χ2v) is 8.39. The summed E-state index contributed by atoms with van der Waals surface area (Å²) in [6, 6.07) is 9.96. The number of carbonyl (C=O) groups is 1. The van der Waals surface area contributed by atoms with Crippen LogP contribution in [0.4, 0.5) is 23.7 Å².